The summed E-state index contributed by atoms with van der Waals surface area (Å²) in [6.07, 6.45) is 1.90. The fraction of sp³-hybridized carbons (Fsp3) is 0.227. The maximum atomic E-state index is 12.7. The van der Waals surface area contributed by atoms with Gasteiger partial charge in [0.2, 0.25) is 5.91 Å². The Morgan fingerprint density at radius 3 is 2.59 bits per heavy atom. The number of aromatic nitrogens is 3. The highest BCUT2D eigenvalue weighted by molar-refractivity contribution is 7.99. The fourth-order valence-corrected chi connectivity index (χ4v) is 4.64. The van der Waals surface area contributed by atoms with Gasteiger partial charge in [-0.25, -0.2) is 0 Å². The molecule has 0 aliphatic heterocycles. The van der Waals surface area contributed by atoms with Crippen LogP contribution in [-0.2, 0) is 4.79 Å². The number of thiophene rings is 1. The molecule has 5 nitrogen and oxygen atoms in total. The second-order valence-electron chi connectivity index (χ2n) is 7.04. The molecule has 1 aromatic carbocycles. The number of fused-ring (bicyclic) bond motifs is 1. The molecule has 0 fully saturated rings. The number of pyridine rings is 1. The van der Waals surface area contributed by atoms with E-state index in [9.17, 15) is 4.79 Å². The van der Waals surface area contributed by atoms with Gasteiger partial charge in [-0.3, -0.25) is 9.20 Å². The normalized spacial score (nSPS) is 12.4. The minimum atomic E-state index is -0.153. The van der Waals surface area contributed by atoms with Crippen molar-refractivity contribution in [3.63, 3.8) is 0 Å². The first-order valence-corrected chi connectivity index (χ1v) is 11.3. The summed E-state index contributed by atoms with van der Waals surface area (Å²) in [7, 11) is 0. The summed E-state index contributed by atoms with van der Waals surface area (Å²) in [6.45, 7) is 4.36. The van der Waals surface area contributed by atoms with Crippen molar-refractivity contribution < 1.29 is 4.79 Å². The molecule has 4 aromatic rings. The number of benzene rings is 1. The Kier molecular flexibility index (Phi) is 5.97. The first-order valence-electron chi connectivity index (χ1n) is 9.47. The van der Waals surface area contributed by atoms with Crippen LogP contribution in [0.5, 0.6) is 0 Å². The summed E-state index contributed by atoms with van der Waals surface area (Å²) in [5, 5.41) is 14.2. The zero-order valence-electron chi connectivity index (χ0n) is 16.3. The quantitative estimate of drug-likeness (QED) is 0.430. The molecule has 1 N–H and O–H groups in total. The number of thioether (sulfide) groups is 1. The molecule has 1 amide bonds. The van der Waals surface area contributed by atoms with Gasteiger partial charge in [0.25, 0.3) is 0 Å². The molecule has 0 saturated heterocycles. The summed E-state index contributed by atoms with van der Waals surface area (Å²) in [5.74, 6) is 0.726. The predicted octanol–water partition coefficient (Wildman–Crippen LogP) is 4.91. The molecule has 7 heteroatoms. The standard InChI is InChI=1S/C22H22N4OS2/c1-15(2)16-8-10-17(11-9-16)21(18-6-5-13-28-18)23-20(27)14-29-22-25-24-19-7-3-4-12-26(19)22/h3-13,15,21H,14H2,1-2H3,(H,23,27). The van der Waals surface area contributed by atoms with Gasteiger partial charge in [0, 0.05) is 11.1 Å². The summed E-state index contributed by atoms with van der Waals surface area (Å²) < 4.78 is 1.89. The maximum Gasteiger partial charge on any atom is 0.231 e. The van der Waals surface area contributed by atoms with Crippen molar-refractivity contribution in [2.45, 2.75) is 31.0 Å². The van der Waals surface area contributed by atoms with Crippen LogP contribution >= 0.6 is 23.1 Å². The summed E-state index contributed by atoms with van der Waals surface area (Å²) >= 11 is 3.03. The van der Waals surface area contributed by atoms with Crippen molar-refractivity contribution >= 4 is 34.7 Å². The number of nitrogens with one attached hydrogen (secondary N) is 1. The van der Waals surface area contributed by atoms with Crippen LogP contribution in [0.1, 0.15) is 41.8 Å². The Morgan fingerprint density at radius 1 is 1.07 bits per heavy atom. The Labute approximate surface area is 178 Å². The van der Waals surface area contributed by atoms with Crippen molar-refractivity contribution in [1.29, 1.82) is 0 Å². The molecular formula is C22H22N4OS2. The van der Waals surface area contributed by atoms with E-state index in [0.29, 0.717) is 11.1 Å². The number of rotatable bonds is 7. The van der Waals surface area contributed by atoms with E-state index in [1.54, 1.807) is 11.3 Å². The average Bonchev–Trinajstić information content (AvgIpc) is 3.41. The smallest absolute Gasteiger partial charge is 0.231 e. The van der Waals surface area contributed by atoms with Gasteiger partial charge in [-0.2, -0.15) is 0 Å². The van der Waals surface area contributed by atoms with Crippen LogP contribution in [0.15, 0.2) is 71.3 Å². The van der Waals surface area contributed by atoms with Crippen molar-refractivity contribution in [1.82, 2.24) is 19.9 Å². The lowest BCUT2D eigenvalue weighted by Crippen LogP contribution is -2.30. The van der Waals surface area contributed by atoms with Crippen LogP contribution in [0.25, 0.3) is 5.65 Å². The minimum absolute atomic E-state index is 0.0333. The van der Waals surface area contributed by atoms with Crippen LogP contribution in [0.3, 0.4) is 0 Å². The Morgan fingerprint density at radius 2 is 1.86 bits per heavy atom. The molecule has 0 aliphatic carbocycles. The maximum absolute atomic E-state index is 12.7. The van der Waals surface area contributed by atoms with Crippen LogP contribution in [0.4, 0.5) is 0 Å². The molecule has 0 aliphatic rings. The molecule has 0 radical (unpaired) electrons. The summed E-state index contributed by atoms with van der Waals surface area (Å²) in [6, 6.07) is 18.2. The third-order valence-corrected chi connectivity index (χ3v) is 6.56. The first-order chi connectivity index (χ1) is 14.1. The average molecular weight is 423 g/mol. The van der Waals surface area contributed by atoms with E-state index in [0.717, 1.165) is 16.1 Å². The van der Waals surface area contributed by atoms with E-state index in [1.165, 1.54) is 17.3 Å². The zero-order chi connectivity index (χ0) is 20.2. The van der Waals surface area contributed by atoms with Gasteiger partial charge in [-0.15, -0.1) is 21.5 Å². The number of carbonyl (C=O) groups is 1. The molecule has 0 saturated carbocycles. The molecule has 4 rings (SSSR count). The number of amides is 1. The van der Waals surface area contributed by atoms with E-state index in [1.807, 2.05) is 40.2 Å². The van der Waals surface area contributed by atoms with Gasteiger partial charge in [-0.1, -0.05) is 62.0 Å². The summed E-state index contributed by atoms with van der Waals surface area (Å²) in [4.78, 5) is 13.9. The molecule has 3 aromatic heterocycles. The van der Waals surface area contributed by atoms with Crippen LogP contribution in [0, 0.1) is 0 Å². The van der Waals surface area contributed by atoms with Gasteiger partial charge in [0.05, 0.1) is 11.8 Å². The highest BCUT2D eigenvalue weighted by Crippen LogP contribution is 2.28. The third kappa shape index (κ3) is 4.52. The van der Waals surface area contributed by atoms with Crippen LogP contribution in [-0.4, -0.2) is 26.3 Å². The largest absolute Gasteiger partial charge is 0.344 e. The Hall–Kier alpha value is -2.64. The number of nitrogens with zero attached hydrogens (tertiary/aromatic N) is 3. The Bertz CT molecular complexity index is 1090. The first kappa shape index (κ1) is 19.7. The molecule has 3 heterocycles. The number of hydrogen-bond donors (Lipinski definition) is 1. The molecule has 29 heavy (non-hydrogen) atoms. The SMILES string of the molecule is CC(C)c1ccc(C(NC(=O)CSc2nnc3ccccn23)c2cccs2)cc1. The van der Waals surface area contributed by atoms with E-state index >= 15 is 0 Å². The molecule has 0 bridgehead atoms. The topological polar surface area (TPSA) is 59.3 Å². The highest BCUT2D eigenvalue weighted by Gasteiger charge is 2.19. The minimum Gasteiger partial charge on any atom is -0.344 e. The van der Waals surface area contributed by atoms with Crippen molar-refractivity contribution in [2.24, 2.45) is 0 Å². The van der Waals surface area contributed by atoms with Crippen LogP contribution in [0.2, 0.25) is 0 Å². The second kappa shape index (κ2) is 8.80. The molecule has 1 atom stereocenters. The molecule has 148 valence electrons. The lowest BCUT2D eigenvalue weighted by molar-refractivity contribution is -0.119. The van der Waals surface area contributed by atoms with Gasteiger partial charge in [-0.05, 0) is 40.6 Å². The van der Waals surface area contributed by atoms with Crippen molar-refractivity contribution in [2.75, 3.05) is 5.75 Å². The van der Waals surface area contributed by atoms with Gasteiger partial charge in [0.15, 0.2) is 10.8 Å². The Balaban J connectivity index is 1.48. The van der Waals surface area contributed by atoms with Gasteiger partial charge < -0.3 is 5.32 Å². The molecular weight excluding hydrogens is 400 g/mol. The monoisotopic (exact) mass is 422 g/mol. The van der Waals surface area contributed by atoms with Gasteiger partial charge >= 0.3 is 0 Å². The van der Waals surface area contributed by atoms with Crippen molar-refractivity contribution in [3.8, 4) is 0 Å². The van der Waals surface area contributed by atoms with Crippen molar-refractivity contribution in [3.05, 3.63) is 82.2 Å². The predicted molar refractivity (Wildman–Crippen MR) is 119 cm³/mol. The van der Waals surface area contributed by atoms with E-state index in [2.05, 4.69) is 59.7 Å². The molecule has 1 unspecified atom stereocenters. The second-order valence-corrected chi connectivity index (χ2v) is 8.96. The highest BCUT2D eigenvalue weighted by atomic mass is 32.2. The number of carbonyl (C=O) groups excluding carboxylic acids is 1. The lowest BCUT2D eigenvalue weighted by Gasteiger charge is -2.19. The van der Waals surface area contributed by atoms with E-state index in [-0.39, 0.29) is 17.7 Å². The van der Waals surface area contributed by atoms with E-state index < -0.39 is 0 Å². The van der Waals surface area contributed by atoms with Crippen LogP contribution < -0.4 is 5.32 Å². The number of hydrogen-bond acceptors (Lipinski definition) is 5. The summed E-state index contributed by atoms with van der Waals surface area (Å²) in [5.41, 5.74) is 3.15. The van der Waals surface area contributed by atoms with Gasteiger partial charge in [0.1, 0.15) is 0 Å². The zero-order valence-corrected chi connectivity index (χ0v) is 17.9. The molecule has 0 spiro atoms. The van der Waals surface area contributed by atoms with E-state index in [4.69, 9.17) is 0 Å². The fourth-order valence-electron chi connectivity index (χ4n) is 3.10. The lowest BCUT2D eigenvalue weighted by atomic mass is 9.98. The third-order valence-electron chi connectivity index (χ3n) is 4.68.